The molecular formula is C23H26N2O2. The second-order valence-electron chi connectivity index (χ2n) is 7.22. The molecule has 27 heavy (non-hydrogen) atoms. The lowest BCUT2D eigenvalue weighted by atomic mass is 9.80. The highest BCUT2D eigenvalue weighted by molar-refractivity contribution is 5.86. The molecule has 1 N–H and O–H groups in total. The monoisotopic (exact) mass is 362 g/mol. The largest absolute Gasteiger partial charge is 0.469 e. The van der Waals surface area contributed by atoms with Gasteiger partial charge in [0.05, 0.1) is 13.0 Å². The zero-order valence-corrected chi connectivity index (χ0v) is 15.9. The number of carbonyl (C=O) groups is 1. The van der Waals surface area contributed by atoms with E-state index in [9.17, 15) is 4.79 Å². The molecule has 140 valence electrons. The van der Waals surface area contributed by atoms with Crippen LogP contribution >= 0.6 is 0 Å². The van der Waals surface area contributed by atoms with Crippen molar-refractivity contribution in [1.82, 2.24) is 9.88 Å². The van der Waals surface area contributed by atoms with E-state index >= 15 is 0 Å². The summed E-state index contributed by atoms with van der Waals surface area (Å²) in [6.45, 7) is 4.73. The highest BCUT2D eigenvalue weighted by Gasteiger charge is 2.37. The molecular weight excluding hydrogens is 336 g/mol. The average Bonchev–Trinajstić information content (AvgIpc) is 3.06. The Balaban J connectivity index is 1.95. The number of hydrogen-bond donors (Lipinski definition) is 1. The second-order valence-corrected chi connectivity index (χ2v) is 7.22. The molecule has 1 aliphatic rings. The zero-order valence-electron chi connectivity index (χ0n) is 15.9. The number of likely N-dealkylation sites (N-methyl/N-ethyl adjacent to an activating group) is 1. The number of H-pyrrole nitrogens is 1. The van der Waals surface area contributed by atoms with Gasteiger partial charge >= 0.3 is 5.97 Å². The van der Waals surface area contributed by atoms with Crippen LogP contribution in [0.4, 0.5) is 0 Å². The van der Waals surface area contributed by atoms with Gasteiger partial charge in [0.2, 0.25) is 0 Å². The van der Waals surface area contributed by atoms with Gasteiger partial charge in [-0.3, -0.25) is 4.79 Å². The van der Waals surface area contributed by atoms with Crippen molar-refractivity contribution in [3.63, 3.8) is 0 Å². The van der Waals surface area contributed by atoms with Gasteiger partial charge in [-0.2, -0.15) is 0 Å². The van der Waals surface area contributed by atoms with Crippen LogP contribution in [0, 0.1) is 5.92 Å². The number of benzene rings is 2. The SMILES string of the molecule is CCN1CCc2c([nH]c3ccccc23)[C@@H](c2ccccc2)[C@@H](C(=O)OC)C1. The molecule has 1 aromatic heterocycles. The third-order valence-corrected chi connectivity index (χ3v) is 5.80. The summed E-state index contributed by atoms with van der Waals surface area (Å²) in [6, 6.07) is 18.8. The lowest BCUT2D eigenvalue weighted by Gasteiger charge is -2.33. The van der Waals surface area contributed by atoms with Crippen molar-refractivity contribution in [1.29, 1.82) is 0 Å². The van der Waals surface area contributed by atoms with E-state index in [2.05, 4.69) is 53.2 Å². The molecule has 4 nitrogen and oxygen atoms in total. The van der Waals surface area contributed by atoms with E-state index in [1.54, 1.807) is 0 Å². The van der Waals surface area contributed by atoms with Gasteiger partial charge < -0.3 is 14.6 Å². The molecule has 0 fully saturated rings. The summed E-state index contributed by atoms with van der Waals surface area (Å²) in [6.07, 6.45) is 0.977. The summed E-state index contributed by atoms with van der Waals surface area (Å²) in [5.41, 5.74) is 4.77. The quantitative estimate of drug-likeness (QED) is 0.717. The third kappa shape index (κ3) is 3.26. The van der Waals surface area contributed by atoms with Crippen LogP contribution < -0.4 is 0 Å². The van der Waals surface area contributed by atoms with Gasteiger partial charge in [0, 0.05) is 35.6 Å². The summed E-state index contributed by atoms with van der Waals surface area (Å²) < 4.78 is 5.24. The van der Waals surface area contributed by atoms with Crippen LogP contribution in [0.5, 0.6) is 0 Å². The first-order valence-electron chi connectivity index (χ1n) is 9.67. The minimum atomic E-state index is -0.246. The average molecular weight is 362 g/mol. The first-order chi connectivity index (χ1) is 13.2. The fourth-order valence-corrected chi connectivity index (χ4v) is 4.41. The minimum absolute atomic E-state index is 0.0459. The number of ether oxygens (including phenoxy) is 1. The van der Waals surface area contributed by atoms with E-state index in [1.807, 2.05) is 18.2 Å². The Labute approximate surface area is 160 Å². The van der Waals surface area contributed by atoms with Crippen molar-refractivity contribution in [2.45, 2.75) is 19.3 Å². The Kier molecular flexibility index (Phi) is 4.99. The number of methoxy groups -OCH3 is 1. The van der Waals surface area contributed by atoms with E-state index in [0.717, 1.165) is 36.3 Å². The fourth-order valence-electron chi connectivity index (χ4n) is 4.41. The van der Waals surface area contributed by atoms with E-state index in [1.165, 1.54) is 18.1 Å². The maximum atomic E-state index is 12.8. The van der Waals surface area contributed by atoms with Gasteiger partial charge in [0.15, 0.2) is 0 Å². The Hall–Kier alpha value is -2.59. The Morgan fingerprint density at radius 1 is 1.15 bits per heavy atom. The zero-order chi connectivity index (χ0) is 18.8. The molecule has 1 aliphatic heterocycles. The molecule has 4 heteroatoms. The number of hydrogen-bond acceptors (Lipinski definition) is 3. The number of carbonyl (C=O) groups excluding carboxylic acids is 1. The second kappa shape index (κ2) is 7.57. The molecule has 0 amide bonds. The lowest BCUT2D eigenvalue weighted by molar-refractivity contribution is -0.146. The van der Waals surface area contributed by atoms with Crippen LogP contribution in [0.25, 0.3) is 10.9 Å². The number of rotatable bonds is 3. The highest BCUT2D eigenvalue weighted by Crippen LogP contribution is 2.39. The van der Waals surface area contributed by atoms with Crippen LogP contribution in [0.1, 0.15) is 29.7 Å². The fraction of sp³-hybridized carbons (Fsp3) is 0.348. The molecule has 2 aromatic carbocycles. The number of para-hydroxylation sites is 1. The van der Waals surface area contributed by atoms with Gasteiger partial charge in [0.1, 0.15) is 0 Å². The van der Waals surface area contributed by atoms with Crippen molar-refractivity contribution < 1.29 is 9.53 Å². The van der Waals surface area contributed by atoms with Gasteiger partial charge in [-0.05, 0) is 30.2 Å². The highest BCUT2D eigenvalue weighted by atomic mass is 16.5. The third-order valence-electron chi connectivity index (χ3n) is 5.80. The first-order valence-corrected chi connectivity index (χ1v) is 9.67. The molecule has 3 aromatic rings. The van der Waals surface area contributed by atoms with E-state index in [-0.39, 0.29) is 17.8 Å². The van der Waals surface area contributed by atoms with Crippen LogP contribution in [-0.4, -0.2) is 42.6 Å². The molecule has 2 atom stereocenters. The summed E-state index contributed by atoms with van der Waals surface area (Å²) in [5, 5.41) is 1.26. The maximum absolute atomic E-state index is 12.8. The van der Waals surface area contributed by atoms with Crippen LogP contribution in [0.3, 0.4) is 0 Å². The topological polar surface area (TPSA) is 45.3 Å². The number of aromatic nitrogens is 1. The van der Waals surface area contributed by atoms with E-state index < -0.39 is 0 Å². The Morgan fingerprint density at radius 2 is 1.89 bits per heavy atom. The number of aromatic amines is 1. The normalized spacial score (nSPS) is 20.7. The Bertz CT molecular complexity index is 932. The molecule has 0 saturated carbocycles. The summed E-state index contributed by atoms with van der Waals surface area (Å²) >= 11 is 0. The standard InChI is InChI=1S/C23H26N2O2/c1-3-25-14-13-18-17-11-7-8-12-20(17)24-22(18)21(16-9-5-4-6-10-16)19(15-25)23(26)27-2/h4-12,19,21,24H,3,13-15H2,1-2H3/t19-,21-/m0/s1. The van der Waals surface area contributed by atoms with Gasteiger partial charge in [-0.1, -0.05) is 55.5 Å². The van der Waals surface area contributed by atoms with Gasteiger partial charge in [-0.25, -0.2) is 0 Å². The Morgan fingerprint density at radius 3 is 2.63 bits per heavy atom. The molecule has 0 aliphatic carbocycles. The van der Waals surface area contributed by atoms with E-state index in [4.69, 9.17) is 4.74 Å². The summed E-state index contributed by atoms with van der Waals surface area (Å²) in [4.78, 5) is 18.9. The molecule has 0 bridgehead atoms. The number of esters is 1. The van der Waals surface area contributed by atoms with Gasteiger partial charge in [-0.15, -0.1) is 0 Å². The first kappa shape index (κ1) is 17.8. The number of nitrogens with zero attached hydrogens (tertiary/aromatic N) is 1. The molecule has 0 spiro atoms. The van der Waals surface area contributed by atoms with Crippen molar-refractivity contribution in [2.75, 3.05) is 26.7 Å². The molecule has 0 radical (unpaired) electrons. The van der Waals surface area contributed by atoms with Crippen LogP contribution in [-0.2, 0) is 16.0 Å². The predicted molar refractivity (Wildman–Crippen MR) is 108 cm³/mol. The predicted octanol–water partition coefficient (Wildman–Crippen LogP) is 3.97. The minimum Gasteiger partial charge on any atom is -0.469 e. The molecule has 2 heterocycles. The summed E-state index contributed by atoms with van der Waals surface area (Å²) in [7, 11) is 1.49. The lowest BCUT2D eigenvalue weighted by Crippen LogP contribution is -2.40. The smallest absolute Gasteiger partial charge is 0.310 e. The van der Waals surface area contributed by atoms with Crippen molar-refractivity contribution in [3.8, 4) is 0 Å². The van der Waals surface area contributed by atoms with Crippen LogP contribution in [0.15, 0.2) is 54.6 Å². The van der Waals surface area contributed by atoms with Crippen molar-refractivity contribution in [3.05, 3.63) is 71.4 Å². The van der Waals surface area contributed by atoms with Crippen molar-refractivity contribution >= 4 is 16.9 Å². The molecule has 0 saturated heterocycles. The van der Waals surface area contributed by atoms with Crippen molar-refractivity contribution in [2.24, 2.45) is 5.92 Å². The number of nitrogens with one attached hydrogen (secondary N) is 1. The summed E-state index contributed by atoms with van der Waals surface area (Å²) in [5.74, 6) is -0.436. The van der Waals surface area contributed by atoms with E-state index in [0.29, 0.717) is 6.54 Å². The number of fused-ring (bicyclic) bond motifs is 3. The van der Waals surface area contributed by atoms with Crippen LogP contribution in [0.2, 0.25) is 0 Å². The molecule has 0 unspecified atom stereocenters. The maximum Gasteiger partial charge on any atom is 0.310 e. The van der Waals surface area contributed by atoms with Gasteiger partial charge in [0.25, 0.3) is 0 Å². The molecule has 4 rings (SSSR count).